The van der Waals surface area contributed by atoms with E-state index in [0.29, 0.717) is 17.3 Å². The molecule has 3 rings (SSSR count). The van der Waals surface area contributed by atoms with E-state index in [0.717, 1.165) is 22.9 Å². The SMILES string of the molecule is CCC(C)(C)N=C(NO)c1ccc(Oc2cccc3ccccc23)nc1. The van der Waals surface area contributed by atoms with Crippen LogP contribution >= 0.6 is 0 Å². The number of aliphatic imine (C=N–C) groups is 1. The molecule has 0 aliphatic carbocycles. The van der Waals surface area contributed by atoms with E-state index in [1.807, 2.05) is 62.4 Å². The van der Waals surface area contributed by atoms with E-state index in [2.05, 4.69) is 22.4 Å². The minimum absolute atomic E-state index is 0.275. The fourth-order valence-corrected chi connectivity index (χ4v) is 2.51. The second kappa shape index (κ2) is 7.54. The summed E-state index contributed by atoms with van der Waals surface area (Å²) < 4.78 is 5.95. The monoisotopic (exact) mass is 349 g/mol. The van der Waals surface area contributed by atoms with Gasteiger partial charge in [0.2, 0.25) is 5.88 Å². The number of nitrogens with zero attached hydrogens (tertiary/aromatic N) is 2. The summed E-state index contributed by atoms with van der Waals surface area (Å²) in [6, 6.07) is 17.6. The molecule has 0 atom stereocenters. The molecule has 0 bridgehead atoms. The van der Waals surface area contributed by atoms with Gasteiger partial charge in [0.25, 0.3) is 0 Å². The molecule has 26 heavy (non-hydrogen) atoms. The van der Waals surface area contributed by atoms with E-state index < -0.39 is 0 Å². The number of hydrogen-bond donors (Lipinski definition) is 2. The van der Waals surface area contributed by atoms with E-state index in [1.54, 1.807) is 12.3 Å². The van der Waals surface area contributed by atoms with Crippen molar-refractivity contribution in [2.45, 2.75) is 32.7 Å². The number of amidine groups is 1. The first kappa shape index (κ1) is 17.9. The Labute approximate surface area is 153 Å². The molecular formula is C21H23N3O2. The molecule has 0 aliphatic heterocycles. The molecule has 1 heterocycles. The highest BCUT2D eigenvalue weighted by molar-refractivity contribution is 5.98. The largest absolute Gasteiger partial charge is 0.438 e. The number of aromatic nitrogens is 1. The predicted molar refractivity (Wildman–Crippen MR) is 104 cm³/mol. The molecule has 0 saturated heterocycles. The summed E-state index contributed by atoms with van der Waals surface area (Å²) in [5.74, 6) is 1.63. The summed E-state index contributed by atoms with van der Waals surface area (Å²) in [5, 5.41) is 11.6. The fraction of sp³-hybridized carbons (Fsp3) is 0.238. The van der Waals surface area contributed by atoms with E-state index in [9.17, 15) is 5.21 Å². The summed E-state index contributed by atoms with van der Waals surface area (Å²) in [7, 11) is 0. The number of nitrogens with one attached hydrogen (secondary N) is 1. The van der Waals surface area contributed by atoms with Gasteiger partial charge in [-0.1, -0.05) is 43.3 Å². The molecule has 0 fully saturated rings. The van der Waals surface area contributed by atoms with Crippen molar-refractivity contribution in [2.75, 3.05) is 0 Å². The lowest BCUT2D eigenvalue weighted by atomic mass is 10.0. The summed E-state index contributed by atoms with van der Waals surface area (Å²) in [6.45, 7) is 6.07. The van der Waals surface area contributed by atoms with Crippen molar-refractivity contribution >= 4 is 16.6 Å². The summed E-state index contributed by atoms with van der Waals surface area (Å²) in [6.07, 6.45) is 2.49. The molecule has 1 aromatic heterocycles. The van der Waals surface area contributed by atoms with Crippen LogP contribution in [0.4, 0.5) is 0 Å². The minimum atomic E-state index is -0.275. The third-order valence-corrected chi connectivity index (χ3v) is 4.36. The molecule has 5 nitrogen and oxygen atoms in total. The normalized spacial score (nSPS) is 12.2. The Hall–Kier alpha value is -2.92. The van der Waals surface area contributed by atoms with E-state index in [4.69, 9.17) is 4.74 Å². The number of hydroxylamine groups is 1. The smallest absolute Gasteiger partial charge is 0.219 e. The van der Waals surface area contributed by atoms with Gasteiger partial charge in [0, 0.05) is 23.2 Å². The van der Waals surface area contributed by atoms with Crippen LogP contribution in [0.15, 0.2) is 65.8 Å². The molecule has 3 aromatic rings. The van der Waals surface area contributed by atoms with Crippen molar-refractivity contribution in [2.24, 2.45) is 4.99 Å². The van der Waals surface area contributed by atoms with Crippen LogP contribution in [0.5, 0.6) is 11.6 Å². The van der Waals surface area contributed by atoms with Crippen LogP contribution < -0.4 is 10.2 Å². The van der Waals surface area contributed by atoms with E-state index in [-0.39, 0.29) is 5.54 Å². The number of rotatable bonds is 5. The Kier molecular flexibility index (Phi) is 5.19. The molecule has 0 aliphatic rings. The Morgan fingerprint density at radius 3 is 2.58 bits per heavy atom. The van der Waals surface area contributed by atoms with Crippen LogP contribution in [0.3, 0.4) is 0 Å². The highest BCUT2D eigenvalue weighted by Gasteiger charge is 2.15. The van der Waals surface area contributed by atoms with Gasteiger partial charge in [-0.15, -0.1) is 0 Å². The lowest BCUT2D eigenvalue weighted by molar-refractivity contribution is 0.233. The Balaban J connectivity index is 1.85. The number of fused-ring (bicyclic) bond motifs is 1. The third kappa shape index (κ3) is 4.00. The number of ether oxygens (including phenoxy) is 1. The highest BCUT2D eigenvalue weighted by Crippen LogP contribution is 2.28. The van der Waals surface area contributed by atoms with Crippen LogP contribution in [-0.4, -0.2) is 21.6 Å². The van der Waals surface area contributed by atoms with Crippen LogP contribution in [0.25, 0.3) is 10.8 Å². The van der Waals surface area contributed by atoms with Gasteiger partial charge >= 0.3 is 0 Å². The van der Waals surface area contributed by atoms with Gasteiger partial charge in [0.1, 0.15) is 5.75 Å². The van der Waals surface area contributed by atoms with Gasteiger partial charge in [-0.25, -0.2) is 4.98 Å². The Morgan fingerprint density at radius 2 is 1.88 bits per heavy atom. The van der Waals surface area contributed by atoms with Crippen molar-refractivity contribution in [3.8, 4) is 11.6 Å². The lowest BCUT2D eigenvalue weighted by Gasteiger charge is -2.19. The lowest BCUT2D eigenvalue weighted by Crippen LogP contribution is -2.27. The average Bonchev–Trinajstić information content (AvgIpc) is 2.67. The van der Waals surface area contributed by atoms with Crippen molar-refractivity contribution in [1.82, 2.24) is 10.5 Å². The van der Waals surface area contributed by atoms with Crippen molar-refractivity contribution < 1.29 is 9.94 Å². The number of benzene rings is 2. The zero-order valence-corrected chi connectivity index (χ0v) is 15.2. The van der Waals surface area contributed by atoms with E-state index >= 15 is 0 Å². The summed E-state index contributed by atoms with van der Waals surface area (Å²) in [5.41, 5.74) is 2.59. The Bertz CT molecular complexity index is 913. The molecule has 0 saturated carbocycles. The van der Waals surface area contributed by atoms with Gasteiger partial charge in [-0.3, -0.25) is 15.7 Å². The first-order valence-electron chi connectivity index (χ1n) is 8.64. The molecule has 0 radical (unpaired) electrons. The minimum Gasteiger partial charge on any atom is -0.438 e. The average molecular weight is 349 g/mol. The third-order valence-electron chi connectivity index (χ3n) is 4.36. The second-order valence-corrected chi connectivity index (χ2v) is 6.70. The molecule has 0 amide bonds. The quantitative estimate of drug-likeness (QED) is 0.389. The Morgan fingerprint density at radius 1 is 1.12 bits per heavy atom. The number of pyridine rings is 1. The highest BCUT2D eigenvalue weighted by atomic mass is 16.5. The maximum atomic E-state index is 9.42. The topological polar surface area (TPSA) is 66.7 Å². The van der Waals surface area contributed by atoms with Gasteiger partial charge in [0.15, 0.2) is 5.84 Å². The zero-order valence-electron chi connectivity index (χ0n) is 15.2. The van der Waals surface area contributed by atoms with Crippen LogP contribution in [-0.2, 0) is 0 Å². The van der Waals surface area contributed by atoms with Gasteiger partial charge in [-0.05, 0) is 37.8 Å². The van der Waals surface area contributed by atoms with Crippen molar-refractivity contribution in [3.05, 3.63) is 66.4 Å². The molecule has 2 aromatic carbocycles. The molecule has 0 spiro atoms. The molecule has 134 valence electrons. The van der Waals surface area contributed by atoms with Crippen LogP contribution in [0, 0.1) is 0 Å². The van der Waals surface area contributed by atoms with Gasteiger partial charge in [-0.2, -0.15) is 0 Å². The standard InChI is InChI=1S/C21H23N3O2/c1-4-21(2,3)23-20(24-25)16-12-13-19(22-14-16)26-18-11-7-9-15-8-5-6-10-17(15)18/h5-14,25H,4H2,1-3H3,(H,23,24). The van der Waals surface area contributed by atoms with Crippen molar-refractivity contribution in [3.63, 3.8) is 0 Å². The first-order valence-corrected chi connectivity index (χ1v) is 8.64. The molecular weight excluding hydrogens is 326 g/mol. The van der Waals surface area contributed by atoms with Crippen LogP contribution in [0.1, 0.15) is 32.8 Å². The molecule has 2 N–H and O–H groups in total. The summed E-state index contributed by atoms with van der Waals surface area (Å²) >= 11 is 0. The predicted octanol–water partition coefficient (Wildman–Crippen LogP) is 4.94. The summed E-state index contributed by atoms with van der Waals surface area (Å²) in [4.78, 5) is 8.90. The maximum absolute atomic E-state index is 9.42. The van der Waals surface area contributed by atoms with Gasteiger partial charge < -0.3 is 4.74 Å². The molecule has 0 unspecified atom stereocenters. The van der Waals surface area contributed by atoms with Crippen LogP contribution in [0.2, 0.25) is 0 Å². The molecule has 5 heteroatoms. The first-order chi connectivity index (χ1) is 12.5. The van der Waals surface area contributed by atoms with Crippen molar-refractivity contribution in [1.29, 1.82) is 0 Å². The zero-order chi connectivity index (χ0) is 18.6. The second-order valence-electron chi connectivity index (χ2n) is 6.70. The maximum Gasteiger partial charge on any atom is 0.219 e. The van der Waals surface area contributed by atoms with Gasteiger partial charge in [0.05, 0.1) is 5.54 Å². The van der Waals surface area contributed by atoms with E-state index in [1.165, 1.54) is 0 Å². The number of hydrogen-bond acceptors (Lipinski definition) is 4. The fourth-order valence-electron chi connectivity index (χ4n) is 2.51.